The van der Waals surface area contributed by atoms with Crippen molar-refractivity contribution in [3.8, 4) is 11.4 Å². The number of rotatable bonds is 7. The van der Waals surface area contributed by atoms with E-state index in [1.54, 1.807) is 12.4 Å². The summed E-state index contributed by atoms with van der Waals surface area (Å²) in [4.78, 5) is 19.2. The Kier molecular flexibility index (Phi) is 6.72. The fraction of sp³-hybridized carbons (Fsp3) is 0.259. The highest BCUT2D eigenvalue weighted by Crippen LogP contribution is 2.34. The molecular formula is C27H27N5OS. The Labute approximate surface area is 204 Å². The standard InChI is InChI=1S/C27H27N5OS/c1-31(24-13-7-11-21-10-5-6-12-23(21)24)25(33)19-34-27-30-29-26(22-14-16-28-17-15-22)32(27)18-20-8-3-2-4-9-20/h2-6,8-10,12,14-17,24H,7,11,13,18-19H2,1H3. The van der Waals surface area contributed by atoms with Gasteiger partial charge in [-0.25, -0.2) is 0 Å². The van der Waals surface area contributed by atoms with Gasteiger partial charge in [0, 0.05) is 25.0 Å². The van der Waals surface area contributed by atoms with Crippen LogP contribution in [0.1, 0.15) is 35.6 Å². The molecule has 6 nitrogen and oxygen atoms in total. The van der Waals surface area contributed by atoms with E-state index in [4.69, 9.17) is 0 Å². The number of fused-ring (bicyclic) bond motifs is 1. The van der Waals surface area contributed by atoms with Gasteiger partial charge in [-0.3, -0.25) is 14.3 Å². The minimum atomic E-state index is 0.103. The molecule has 2 aromatic heterocycles. The SMILES string of the molecule is CN(C(=O)CSc1nnc(-c2ccncc2)n1Cc1ccccc1)C1CCCc2ccccc21. The largest absolute Gasteiger partial charge is 0.338 e. The second-order valence-electron chi connectivity index (χ2n) is 8.51. The first-order valence-corrected chi connectivity index (χ1v) is 12.5. The van der Waals surface area contributed by atoms with Gasteiger partial charge in [0.25, 0.3) is 0 Å². The summed E-state index contributed by atoms with van der Waals surface area (Å²) in [6, 6.07) is 22.7. The van der Waals surface area contributed by atoms with Crippen LogP contribution in [0.25, 0.3) is 11.4 Å². The van der Waals surface area contributed by atoms with Crippen LogP contribution in [0, 0.1) is 0 Å². The molecule has 2 heterocycles. The normalized spacial score (nSPS) is 15.0. The van der Waals surface area contributed by atoms with E-state index < -0.39 is 0 Å². The fourth-order valence-corrected chi connectivity index (χ4v) is 5.41. The summed E-state index contributed by atoms with van der Waals surface area (Å²) in [7, 11) is 1.92. The fourth-order valence-electron chi connectivity index (χ4n) is 4.55. The van der Waals surface area contributed by atoms with E-state index in [0.29, 0.717) is 12.3 Å². The summed E-state index contributed by atoms with van der Waals surface area (Å²) >= 11 is 1.45. The molecule has 0 fully saturated rings. The molecule has 1 atom stereocenters. The summed E-state index contributed by atoms with van der Waals surface area (Å²) in [5, 5.41) is 9.66. The third-order valence-electron chi connectivity index (χ3n) is 6.36. The van der Waals surface area contributed by atoms with Gasteiger partial charge in [0.1, 0.15) is 0 Å². The Hall–Kier alpha value is -3.45. The number of hydrogen-bond donors (Lipinski definition) is 0. The molecule has 1 aliphatic rings. The second-order valence-corrected chi connectivity index (χ2v) is 9.46. The molecule has 172 valence electrons. The lowest BCUT2D eigenvalue weighted by Crippen LogP contribution is -2.34. The molecule has 0 spiro atoms. The van der Waals surface area contributed by atoms with Crippen molar-refractivity contribution in [2.24, 2.45) is 0 Å². The third kappa shape index (κ3) is 4.75. The molecule has 5 rings (SSSR count). The van der Waals surface area contributed by atoms with Crippen LogP contribution in [0.4, 0.5) is 0 Å². The molecule has 0 aliphatic heterocycles. The molecule has 0 radical (unpaired) electrons. The quantitative estimate of drug-likeness (QED) is 0.356. The van der Waals surface area contributed by atoms with Crippen molar-refractivity contribution >= 4 is 17.7 Å². The monoisotopic (exact) mass is 469 g/mol. The Balaban J connectivity index is 1.35. The number of hydrogen-bond acceptors (Lipinski definition) is 5. The van der Waals surface area contributed by atoms with Crippen molar-refractivity contribution in [1.29, 1.82) is 0 Å². The minimum absolute atomic E-state index is 0.103. The highest BCUT2D eigenvalue weighted by atomic mass is 32.2. The average Bonchev–Trinajstić information content (AvgIpc) is 3.29. The molecule has 1 unspecified atom stereocenters. The van der Waals surface area contributed by atoms with Gasteiger partial charge in [-0.05, 0) is 48.1 Å². The molecule has 0 bridgehead atoms. The molecule has 1 amide bonds. The van der Waals surface area contributed by atoms with Crippen LogP contribution in [0.2, 0.25) is 0 Å². The van der Waals surface area contributed by atoms with E-state index in [2.05, 4.69) is 56.1 Å². The number of aromatic nitrogens is 4. The zero-order valence-electron chi connectivity index (χ0n) is 19.2. The van der Waals surface area contributed by atoms with Crippen LogP contribution in [-0.4, -0.2) is 43.4 Å². The summed E-state index contributed by atoms with van der Waals surface area (Å²) < 4.78 is 2.08. The molecule has 2 aromatic carbocycles. The first kappa shape index (κ1) is 22.3. The first-order valence-electron chi connectivity index (χ1n) is 11.5. The van der Waals surface area contributed by atoms with Gasteiger partial charge in [-0.15, -0.1) is 10.2 Å². The number of nitrogens with zero attached hydrogens (tertiary/aromatic N) is 5. The van der Waals surface area contributed by atoms with Crippen LogP contribution in [0.15, 0.2) is 84.3 Å². The highest BCUT2D eigenvalue weighted by molar-refractivity contribution is 7.99. The summed E-state index contributed by atoms with van der Waals surface area (Å²) in [5.41, 5.74) is 4.74. The van der Waals surface area contributed by atoms with E-state index in [1.807, 2.05) is 42.3 Å². The molecule has 0 N–H and O–H groups in total. The maximum absolute atomic E-state index is 13.2. The Morgan fingerprint density at radius 2 is 1.79 bits per heavy atom. The van der Waals surface area contributed by atoms with Crippen molar-refractivity contribution in [3.05, 3.63) is 95.8 Å². The number of benzene rings is 2. The van der Waals surface area contributed by atoms with E-state index in [0.717, 1.165) is 41.4 Å². The molecule has 7 heteroatoms. The predicted octanol–water partition coefficient (Wildman–Crippen LogP) is 5.02. The lowest BCUT2D eigenvalue weighted by molar-refractivity contribution is -0.129. The Bertz CT molecular complexity index is 1260. The number of carbonyl (C=O) groups is 1. The number of carbonyl (C=O) groups excluding carboxylic acids is 1. The van der Waals surface area contributed by atoms with Gasteiger partial charge in [-0.2, -0.15) is 0 Å². The van der Waals surface area contributed by atoms with Gasteiger partial charge in [0.15, 0.2) is 11.0 Å². The second kappa shape index (κ2) is 10.2. The number of aryl methyl sites for hydroxylation is 1. The molecular weight excluding hydrogens is 442 g/mol. The van der Waals surface area contributed by atoms with Crippen molar-refractivity contribution in [3.63, 3.8) is 0 Å². The van der Waals surface area contributed by atoms with Crippen molar-refractivity contribution in [2.45, 2.75) is 37.0 Å². The predicted molar refractivity (Wildman–Crippen MR) is 134 cm³/mol. The molecule has 34 heavy (non-hydrogen) atoms. The van der Waals surface area contributed by atoms with Crippen molar-refractivity contribution in [1.82, 2.24) is 24.6 Å². The topological polar surface area (TPSA) is 63.9 Å². The zero-order chi connectivity index (χ0) is 23.3. The van der Waals surface area contributed by atoms with Crippen LogP contribution in [0.5, 0.6) is 0 Å². The summed E-state index contributed by atoms with van der Waals surface area (Å²) in [6.07, 6.45) is 6.70. The van der Waals surface area contributed by atoms with E-state index in [-0.39, 0.29) is 11.9 Å². The van der Waals surface area contributed by atoms with Crippen LogP contribution in [0.3, 0.4) is 0 Å². The summed E-state index contributed by atoms with van der Waals surface area (Å²) in [6.45, 7) is 0.633. The van der Waals surface area contributed by atoms with E-state index in [9.17, 15) is 4.79 Å². The van der Waals surface area contributed by atoms with Crippen molar-refractivity contribution in [2.75, 3.05) is 12.8 Å². The third-order valence-corrected chi connectivity index (χ3v) is 7.31. The molecule has 4 aromatic rings. The minimum Gasteiger partial charge on any atom is -0.338 e. The van der Waals surface area contributed by atoms with Crippen LogP contribution in [-0.2, 0) is 17.8 Å². The van der Waals surface area contributed by atoms with Gasteiger partial charge >= 0.3 is 0 Å². The van der Waals surface area contributed by atoms with E-state index in [1.165, 1.54) is 22.9 Å². The number of thioether (sulfide) groups is 1. The number of pyridine rings is 1. The van der Waals surface area contributed by atoms with Crippen molar-refractivity contribution < 1.29 is 4.79 Å². The first-order chi connectivity index (χ1) is 16.7. The number of amides is 1. The van der Waals surface area contributed by atoms with Gasteiger partial charge in [0.05, 0.1) is 18.3 Å². The lowest BCUT2D eigenvalue weighted by Gasteiger charge is -2.33. The van der Waals surface area contributed by atoms with Crippen LogP contribution >= 0.6 is 11.8 Å². The molecule has 0 saturated carbocycles. The van der Waals surface area contributed by atoms with Crippen LogP contribution < -0.4 is 0 Å². The maximum atomic E-state index is 13.2. The summed E-state index contributed by atoms with van der Waals surface area (Å²) in [5.74, 6) is 1.19. The lowest BCUT2D eigenvalue weighted by atomic mass is 9.87. The average molecular weight is 470 g/mol. The Morgan fingerprint density at radius 1 is 1.03 bits per heavy atom. The Morgan fingerprint density at radius 3 is 2.62 bits per heavy atom. The smallest absolute Gasteiger partial charge is 0.233 e. The van der Waals surface area contributed by atoms with Gasteiger partial charge in [-0.1, -0.05) is 66.4 Å². The molecule has 0 saturated heterocycles. The van der Waals surface area contributed by atoms with E-state index >= 15 is 0 Å². The maximum Gasteiger partial charge on any atom is 0.233 e. The highest BCUT2D eigenvalue weighted by Gasteiger charge is 2.27. The molecule has 1 aliphatic carbocycles. The zero-order valence-corrected chi connectivity index (χ0v) is 20.0. The van der Waals surface area contributed by atoms with Gasteiger partial charge in [0.2, 0.25) is 5.91 Å². The van der Waals surface area contributed by atoms with Gasteiger partial charge < -0.3 is 4.90 Å².